The first-order valence-electron chi connectivity index (χ1n) is 9.95. The van der Waals surface area contributed by atoms with Gasteiger partial charge >= 0.3 is 0 Å². The van der Waals surface area contributed by atoms with Gasteiger partial charge < -0.3 is 10.3 Å². The van der Waals surface area contributed by atoms with Crippen LogP contribution in [0, 0.1) is 19.8 Å². The van der Waals surface area contributed by atoms with E-state index in [0.29, 0.717) is 12.5 Å². The molecule has 0 unspecified atom stereocenters. The van der Waals surface area contributed by atoms with E-state index in [1.54, 1.807) is 4.68 Å². The third kappa shape index (κ3) is 3.94. The molecule has 0 bridgehead atoms. The summed E-state index contributed by atoms with van der Waals surface area (Å²) in [6.07, 6.45) is 3.22. The molecular weight excluding hydrogens is 352 g/mol. The lowest BCUT2D eigenvalue weighted by Crippen LogP contribution is -2.41. The predicted octanol–water partition coefficient (Wildman–Crippen LogP) is 2.81. The van der Waals surface area contributed by atoms with Gasteiger partial charge in [0.15, 0.2) is 0 Å². The Morgan fingerprint density at radius 1 is 1.32 bits per heavy atom. The van der Waals surface area contributed by atoms with Crippen LogP contribution in [0.25, 0.3) is 11.0 Å². The fourth-order valence-electron chi connectivity index (χ4n) is 4.17. The van der Waals surface area contributed by atoms with Crippen molar-refractivity contribution in [2.45, 2.75) is 33.1 Å². The molecule has 4 rings (SSSR count). The average Bonchev–Trinajstić information content (AvgIpc) is 3.17. The van der Waals surface area contributed by atoms with Crippen molar-refractivity contribution in [2.75, 3.05) is 25.0 Å². The molecule has 1 atom stereocenters. The van der Waals surface area contributed by atoms with E-state index >= 15 is 0 Å². The van der Waals surface area contributed by atoms with Crippen molar-refractivity contribution in [1.82, 2.24) is 24.6 Å². The zero-order valence-corrected chi connectivity index (χ0v) is 16.8. The van der Waals surface area contributed by atoms with Crippen molar-refractivity contribution < 1.29 is 4.79 Å². The Kier molecular flexibility index (Phi) is 5.17. The Morgan fingerprint density at radius 2 is 2.14 bits per heavy atom. The summed E-state index contributed by atoms with van der Waals surface area (Å²) in [6.45, 7) is 6.21. The molecule has 1 aromatic carbocycles. The number of amides is 1. The summed E-state index contributed by atoms with van der Waals surface area (Å²) in [5, 5.41) is 7.41. The number of H-pyrrole nitrogens is 1. The van der Waals surface area contributed by atoms with Crippen LogP contribution in [0.5, 0.6) is 0 Å². The van der Waals surface area contributed by atoms with Crippen LogP contribution < -0.4 is 5.32 Å². The van der Waals surface area contributed by atoms with Crippen LogP contribution in [0.3, 0.4) is 0 Å². The second-order valence-corrected chi connectivity index (χ2v) is 7.87. The minimum Gasteiger partial charge on any atom is -0.342 e. The number of carbonyl (C=O) groups excluding carboxylic acids is 1. The highest BCUT2D eigenvalue weighted by molar-refractivity contribution is 5.93. The van der Waals surface area contributed by atoms with Gasteiger partial charge in [-0.3, -0.25) is 14.4 Å². The molecule has 3 aromatic rings. The third-order valence-corrected chi connectivity index (χ3v) is 5.66. The first-order valence-corrected chi connectivity index (χ1v) is 9.95. The van der Waals surface area contributed by atoms with Crippen LogP contribution in [0.2, 0.25) is 0 Å². The van der Waals surface area contributed by atoms with Gasteiger partial charge in [0, 0.05) is 20.0 Å². The molecule has 1 amide bonds. The zero-order valence-electron chi connectivity index (χ0n) is 16.8. The molecule has 7 heteroatoms. The number of hydrogen-bond donors (Lipinski definition) is 2. The second kappa shape index (κ2) is 7.75. The minimum atomic E-state index is 0.0311. The SMILES string of the molecule is Cc1nn(C)c(C)c1NC(=O)CN1CCC[C@@H](Cc2nc3ccccc3[nH]2)C1. The number of fused-ring (bicyclic) bond motifs is 1. The number of nitrogens with zero attached hydrogens (tertiary/aromatic N) is 4. The highest BCUT2D eigenvalue weighted by atomic mass is 16.2. The molecule has 1 aliphatic rings. The number of anilines is 1. The number of hydrogen-bond acceptors (Lipinski definition) is 4. The number of benzene rings is 1. The number of para-hydroxylation sites is 2. The number of rotatable bonds is 5. The first-order chi connectivity index (χ1) is 13.5. The number of aromatic amines is 1. The monoisotopic (exact) mass is 380 g/mol. The first kappa shape index (κ1) is 18.7. The lowest BCUT2D eigenvalue weighted by atomic mass is 9.94. The number of imidazole rings is 1. The Hall–Kier alpha value is -2.67. The summed E-state index contributed by atoms with van der Waals surface area (Å²) in [5.74, 6) is 1.59. The van der Waals surface area contributed by atoms with E-state index in [0.717, 1.165) is 59.9 Å². The van der Waals surface area contributed by atoms with E-state index in [9.17, 15) is 4.79 Å². The Labute approximate surface area is 165 Å². The third-order valence-electron chi connectivity index (χ3n) is 5.66. The van der Waals surface area contributed by atoms with Crippen molar-refractivity contribution in [1.29, 1.82) is 0 Å². The lowest BCUT2D eigenvalue weighted by molar-refractivity contribution is -0.117. The van der Waals surface area contributed by atoms with E-state index in [-0.39, 0.29) is 5.91 Å². The van der Waals surface area contributed by atoms with Crippen LogP contribution in [-0.4, -0.2) is 50.2 Å². The van der Waals surface area contributed by atoms with Gasteiger partial charge in [0.1, 0.15) is 5.82 Å². The predicted molar refractivity (Wildman–Crippen MR) is 110 cm³/mol. The molecule has 1 aliphatic heterocycles. The summed E-state index contributed by atoms with van der Waals surface area (Å²) < 4.78 is 1.80. The van der Waals surface area contributed by atoms with E-state index in [1.165, 1.54) is 6.42 Å². The van der Waals surface area contributed by atoms with Crippen molar-refractivity contribution in [3.05, 3.63) is 41.5 Å². The number of piperidine rings is 1. The number of carbonyl (C=O) groups is 1. The highest BCUT2D eigenvalue weighted by Gasteiger charge is 2.23. The lowest BCUT2D eigenvalue weighted by Gasteiger charge is -2.31. The summed E-state index contributed by atoms with van der Waals surface area (Å²) in [6, 6.07) is 8.14. The average molecular weight is 380 g/mol. The van der Waals surface area contributed by atoms with E-state index in [4.69, 9.17) is 4.98 Å². The van der Waals surface area contributed by atoms with Gasteiger partial charge in [-0.05, 0) is 51.3 Å². The van der Waals surface area contributed by atoms with Crippen LogP contribution in [-0.2, 0) is 18.3 Å². The molecule has 148 valence electrons. The molecule has 7 nitrogen and oxygen atoms in total. The second-order valence-electron chi connectivity index (χ2n) is 7.87. The van der Waals surface area contributed by atoms with Gasteiger partial charge in [0.25, 0.3) is 0 Å². The Morgan fingerprint density at radius 3 is 2.89 bits per heavy atom. The van der Waals surface area contributed by atoms with Gasteiger partial charge in [-0.2, -0.15) is 5.10 Å². The van der Waals surface area contributed by atoms with Crippen LogP contribution in [0.4, 0.5) is 5.69 Å². The zero-order chi connectivity index (χ0) is 19.7. The molecule has 1 saturated heterocycles. The number of likely N-dealkylation sites (tertiary alicyclic amines) is 1. The fraction of sp³-hybridized carbons (Fsp3) is 0.476. The smallest absolute Gasteiger partial charge is 0.238 e. The molecule has 0 radical (unpaired) electrons. The molecule has 2 N–H and O–H groups in total. The molecule has 28 heavy (non-hydrogen) atoms. The molecule has 0 spiro atoms. The molecule has 0 saturated carbocycles. The van der Waals surface area contributed by atoms with Gasteiger partial charge in [-0.1, -0.05) is 12.1 Å². The maximum absolute atomic E-state index is 12.6. The summed E-state index contributed by atoms with van der Waals surface area (Å²) in [5.41, 5.74) is 4.78. The summed E-state index contributed by atoms with van der Waals surface area (Å²) in [4.78, 5) is 23.0. The maximum Gasteiger partial charge on any atom is 0.238 e. The van der Waals surface area contributed by atoms with Gasteiger partial charge in [-0.25, -0.2) is 4.98 Å². The largest absolute Gasteiger partial charge is 0.342 e. The summed E-state index contributed by atoms with van der Waals surface area (Å²) >= 11 is 0. The van der Waals surface area contributed by atoms with Crippen molar-refractivity contribution in [3.63, 3.8) is 0 Å². The van der Waals surface area contributed by atoms with Gasteiger partial charge in [-0.15, -0.1) is 0 Å². The Balaban J connectivity index is 1.35. The molecular formula is C21H28N6O. The number of aryl methyl sites for hydroxylation is 2. The highest BCUT2D eigenvalue weighted by Crippen LogP contribution is 2.22. The number of nitrogens with one attached hydrogen (secondary N) is 2. The minimum absolute atomic E-state index is 0.0311. The van der Waals surface area contributed by atoms with Gasteiger partial charge in [0.2, 0.25) is 5.91 Å². The van der Waals surface area contributed by atoms with E-state index < -0.39 is 0 Å². The molecule has 0 aliphatic carbocycles. The molecule has 2 aromatic heterocycles. The number of aromatic nitrogens is 4. The Bertz CT molecular complexity index is 955. The normalized spacial score (nSPS) is 17.9. The standard InChI is InChI=1S/C21H28N6O/c1-14-21(15(2)26(3)25-14)24-20(28)13-27-10-6-7-16(12-27)11-19-22-17-8-4-5-9-18(17)23-19/h4-5,8-9,16H,6-7,10-13H2,1-3H3,(H,22,23)(H,24,28)/t16-/m0/s1. The van der Waals surface area contributed by atoms with Crippen LogP contribution in [0.1, 0.15) is 30.1 Å². The quantitative estimate of drug-likeness (QED) is 0.713. The van der Waals surface area contributed by atoms with Crippen molar-refractivity contribution in [2.24, 2.45) is 13.0 Å². The van der Waals surface area contributed by atoms with Crippen LogP contribution >= 0.6 is 0 Å². The van der Waals surface area contributed by atoms with E-state index in [2.05, 4.69) is 26.4 Å². The van der Waals surface area contributed by atoms with E-state index in [1.807, 2.05) is 39.1 Å². The van der Waals surface area contributed by atoms with Crippen molar-refractivity contribution >= 4 is 22.6 Å². The molecule has 1 fully saturated rings. The topological polar surface area (TPSA) is 78.8 Å². The van der Waals surface area contributed by atoms with Crippen LogP contribution in [0.15, 0.2) is 24.3 Å². The molecule has 3 heterocycles. The summed E-state index contributed by atoms with van der Waals surface area (Å²) in [7, 11) is 1.89. The van der Waals surface area contributed by atoms with Gasteiger partial charge in [0.05, 0.1) is 34.7 Å². The fourth-order valence-corrected chi connectivity index (χ4v) is 4.17. The maximum atomic E-state index is 12.6. The van der Waals surface area contributed by atoms with Crippen molar-refractivity contribution in [3.8, 4) is 0 Å².